The summed E-state index contributed by atoms with van der Waals surface area (Å²) >= 11 is 2.24. The van der Waals surface area contributed by atoms with Crippen LogP contribution in [0.2, 0.25) is 0 Å². The minimum absolute atomic E-state index is 0. The first kappa shape index (κ1) is 28.7. The fourth-order valence-corrected chi connectivity index (χ4v) is 7.74. The molecule has 0 atom stereocenters. The van der Waals surface area contributed by atoms with Crippen LogP contribution in [0.1, 0.15) is 41.5 Å². The fourth-order valence-electron chi connectivity index (χ4n) is 4.07. The van der Waals surface area contributed by atoms with E-state index in [-0.39, 0.29) is 37.1 Å². The molecular weight excluding hydrogens is 734 g/mol. The molecule has 3 nitrogen and oxygen atoms in total. The van der Waals surface area contributed by atoms with Crippen LogP contribution in [-0.2, 0) is 24.9 Å². The molecule has 1 radical (unpaired) electrons. The molecule has 6 heteroatoms. The number of pyridine rings is 1. The van der Waals surface area contributed by atoms with Gasteiger partial charge in [-0.15, -0.1) is 0 Å². The number of fused-ring (bicyclic) bond motifs is 3. The molecule has 0 aliphatic carbocycles. The van der Waals surface area contributed by atoms with Crippen LogP contribution in [0.25, 0.3) is 50.5 Å². The third-order valence-electron chi connectivity index (χ3n) is 6.34. The molecule has 197 valence electrons. The molecule has 0 aliphatic rings. The number of ketones is 1. The first-order valence-corrected chi connectivity index (χ1v) is 14.9. The second kappa shape index (κ2) is 10.7. The Morgan fingerprint density at radius 3 is 2.34 bits per heavy atom. The maximum absolute atomic E-state index is 11.5. The molecule has 0 aliphatic heterocycles. The van der Waals surface area contributed by atoms with Gasteiger partial charge in [-0.3, -0.25) is 4.79 Å². The number of allylic oxidation sites excluding steroid dienone is 2. The van der Waals surface area contributed by atoms with Crippen LogP contribution < -0.4 is 0 Å². The number of carbonyl (C=O) groups is 1. The first-order valence-electron chi connectivity index (χ1n) is 12.3. The molecule has 3 aromatic heterocycles. The van der Waals surface area contributed by atoms with Gasteiger partial charge < -0.3 is 5.11 Å². The number of rotatable bonds is 1. The normalized spacial score (nSPS) is 12.6. The number of aliphatic hydroxyl groups is 1. The third-order valence-corrected chi connectivity index (χ3v) is 9.78. The number of hydrogen-bond donors (Lipinski definition) is 1. The zero-order chi connectivity index (χ0) is 26.5. The van der Waals surface area contributed by atoms with Crippen LogP contribution in [-0.4, -0.2) is 30.4 Å². The summed E-state index contributed by atoms with van der Waals surface area (Å²) in [5.74, 6) is 0.104. The van der Waals surface area contributed by atoms with E-state index in [9.17, 15) is 9.90 Å². The van der Waals surface area contributed by atoms with Gasteiger partial charge in [0.1, 0.15) is 5.76 Å². The van der Waals surface area contributed by atoms with Crippen LogP contribution in [0.5, 0.6) is 0 Å². The van der Waals surface area contributed by atoms with Crippen LogP contribution in [0.4, 0.5) is 0 Å². The standard InChI is InChI=1S/C21H10NSSe.C11H20O2.Ir/c1-2-7-14-12(5-1)11-16-21(22-14)13-6-3-9-17-19(13)20-15(23-16)8-4-10-18(20)24-17;1-10(2,3)8(12)7-9(13)11(4,5)6;/h1-5,7-11H;7,12H,1-6H3;/q-1;;/b;8-7-;. The van der Waals surface area contributed by atoms with E-state index in [1.807, 2.05) is 52.9 Å². The Labute approximate surface area is 246 Å². The number of para-hydroxylation sites is 1. The van der Waals surface area contributed by atoms with Gasteiger partial charge in [-0.25, -0.2) is 0 Å². The molecular formula is C32H30IrNO2SSe-. The van der Waals surface area contributed by atoms with Crippen molar-refractivity contribution in [3.05, 3.63) is 78.6 Å². The van der Waals surface area contributed by atoms with Crippen molar-refractivity contribution < 1.29 is 30.0 Å². The van der Waals surface area contributed by atoms with Crippen LogP contribution in [0.15, 0.2) is 72.5 Å². The first-order chi connectivity index (χ1) is 17.4. The van der Waals surface area contributed by atoms with Crippen molar-refractivity contribution in [1.29, 1.82) is 0 Å². The number of hydrogen-bond acceptors (Lipinski definition) is 4. The monoisotopic (exact) mass is 765 g/mol. The van der Waals surface area contributed by atoms with E-state index >= 15 is 0 Å². The van der Waals surface area contributed by atoms with Crippen molar-refractivity contribution in [2.24, 2.45) is 10.8 Å². The Hall–Kier alpha value is -2.33. The average molecular weight is 764 g/mol. The van der Waals surface area contributed by atoms with Crippen molar-refractivity contribution in [1.82, 2.24) is 4.98 Å². The predicted molar refractivity (Wildman–Crippen MR) is 160 cm³/mol. The van der Waals surface area contributed by atoms with E-state index in [1.54, 1.807) is 0 Å². The maximum atomic E-state index is 11.5. The SMILES string of the molecule is CC(C)(C)C(=O)/C=C(\O)C(C)(C)C.[Ir].[c-]1ccc2[se]c3cccc4sc5cc6ccccc6nc5c1c2c43. The van der Waals surface area contributed by atoms with Crippen molar-refractivity contribution in [3.8, 4) is 0 Å². The quantitative estimate of drug-likeness (QED) is 0.0789. The minimum atomic E-state index is -0.417. The second-order valence-electron chi connectivity index (χ2n) is 11.3. The number of aliphatic hydroxyl groups excluding tert-OH is 1. The van der Waals surface area contributed by atoms with Gasteiger partial charge in [0.2, 0.25) is 0 Å². The summed E-state index contributed by atoms with van der Waals surface area (Å²) in [6.07, 6.45) is 1.33. The van der Waals surface area contributed by atoms with Gasteiger partial charge in [0.05, 0.1) is 0 Å². The predicted octanol–water partition coefficient (Wildman–Crippen LogP) is 8.85. The summed E-state index contributed by atoms with van der Waals surface area (Å²) in [7, 11) is 0. The molecule has 3 heterocycles. The van der Waals surface area contributed by atoms with E-state index in [2.05, 4.69) is 66.7 Å². The average Bonchev–Trinajstić information content (AvgIpc) is 3.16. The van der Waals surface area contributed by atoms with Crippen molar-refractivity contribution in [2.75, 3.05) is 0 Å². The van der Waals surface area contributed by atoms with Gasteiger partial charge in [0, 0.05) is 37.0 Å². The van der Waals surface area contributed by atoms with Gasteiger partial charge in [-0.2, -0.15) is 0 Å². The van der Waals surface area contributed by atoms with Crippen molar-refractivity contribution in [2.45, 2.75) is 41.5 Å². The molecule has 0 spiro atoms. The molecule has 1 N–H and O–H groups in total. The Morgan fingerprint density at radius 2 is 1.63 bits per heavy atom. The molecule has 0 amide bonds. The van der Waals surface area contributed by atoms with E-state index in [0.29, 0.717) is 14.5 Å². The molecule has 38 heavy (non-hydrogen) atoms. The van der Waals surface area contributed by atoms with Gasteiger partial charge in [-0.1, -0.05) is 41.5 Å². The number of carbonyl (C=O) groups excluding carboxylic acids is 1. The zero-order valence-corrected chi connectivity index (χ0v) is 27.2. The number of nitrogens with zero attached hydrogens (tertiary/aromatic N) is 1. The van der Waals surface area contributed by atoms with Crippen molar-refractivity contribution in [3.63, 3.8) is 0 Å². The molecule has 0 saturated carbocycles. The number of aromatic nitrogens is 1. The molecule has 3 aromatic carbocycles. The Kier molecular flexibility index (Phi) is 8.06. The van der Waals surface area contributed by atoms with Crippen molar-refractivity contribution >= 4 is 82.1 Å². The van der Waals surface area contributed by atoms with Gasteiger partial charge in [-0.05, 0) is 0 Å². The Bertz CT molecular complexity index is 1830. The molecule has 6 rings (SSSR count). The number of benzene rings is 3. The van der Waals surface area contributed by atoms with E-state index in [1.165, 1.54) is 45.5 Å². The molecule has 0 bridgehead atoms. The van der Waals surface area contributed by atoms with Crippen LogP contribution in [0.3, 0.4) is 0 Å². The molecule has 0 saturated heterocycles. The summed E-state index contributed by atoms with van der Waals surface area (Å²) in [5.41, 5.74) is 1.37. The summed E-state index contributed by atoms with van der Waals surface area (Å²) in [5, 5.41) is 14.7. The van der Waals surface area contributed by atoms with Gasteiger partial charge >= 0.3 is 148 Å². The summed E-state index contributed by atoms with van der Waals surface area (Å²) < 4.78 is 5.53. The van der Waals surface area contributed by atoms with E-state index < -0.39 is 5.41 Å². The van der Waals surface area contributed by atoms with Gasteiger partial charge in [0.25, 0.3) is 0 Å². The van der Waals surface area contributed by atoms with Crippen LogP contribution >= 0.6 is 11.3 Å². The molecule has 6 aromatic rings. The Morgan fingerprint density at radius 1 is 0.921 bits per heavy atom. The zero-order valence-electron chi connectivity index (χ0n) is 22.3. The summed E-state index contributed by atoms with van der Waals surface area (Å²) in [6.45, 7) is 11.1. The fraction of sp³-hybridized carbons (Fsp3) is 0.250. The summed E-state index contributed by atoms with van der Waals surface area (Å²) in [4.78, 5) is 16.5. The Balaban J connectivity index is 0.000000209. The topological polar surface area (TPSA) is 50.2 Å². The van der Waals surface area contributed by atoms with E-state index in [4.69, 9.17) is 4.98 Å². The van der Waals surface area contributed by atoms with E-state index in [0.717, 1.165) is 11.0 Å². The summed E-state index contributed by atoms with van der Waals surface area (Å²) in [6, 6.07) is 25.2. The molecule has 0 fully saturated rings. The van der Waals surface area contributed by atoms with Crippen LogP contribution in [0, 0.1) is 16.9 Å². The molecule has 0 unspecified atom stereocenters. The third kappa shape index (κ3) is 5.52. The second-order valence-corrected chi connectivity index (χ2v) is 14.7. The van der Waals surface area contributed by atoms with Gasteiger partial charge in [0.15, 0.2) is 5.78 Å².